The van der Waals surface area contributed by atoms with Gasteiger partial charge in [0.15, 0.2) is 0 Å². The SMILES string of the molecule is Cc1ccc2c(c1)C(C)(Cl)c1c-2ccc2c1C(C)(C)c1ccccc1-2. The average Bonchev–Trinajstić information content (AvgIpc) is 2.95. The third kappa shape index (κ3) is 1.74. The number of fused-ring (bicyclic) bond motifs is 7. The van der Waals surface area contributed by atoms with Crippen molar-refractivity contribution in [3.05, 3.63) is 82.4 Å². The van der Waals surface area contributed by atoms with Gasteiger partial charge in [-0.3, -0.25) is 0 Å². The summed E-state index contributed by atoms with van der Waals surface area (Å²) in [5.41, 5.74) is 11.8. The molecule has 1 unspecified atom stereocenters. The molecule has 0 heterocycles. The average molecular weight is 345 g/mol. The molecule has 0 aliphatic heterocycles. The summed E-state index contributed by atoms with van der Waals surface area (Å²) in [6, 6.07) is 20.0. The van der Waals surface area contributed by atoms with Crippen molar-refractivity contribution in [2.24, 2.45) is 0 Å². The molecule has 5 rings (SSSR count). The standard InChI is InChI=1S/C24H21Cl/c1-14-9-10-16-18-12-11-17-15-7-5-6-8-19(15)23(2,3)21(17)22(18)24(4,25)20(16)13-14/h5-13H,1-4H3. The van der Waals surface area contributed by atoms with Crippen LogP contribution in [-0.4, -0.2) is 0 Å². The van der Waals surface area contributed by atoms with Crippen LogP contribution in [0.15, 0.2) is 54.6 Å². The molecule has 0 fully saturated rings. The zero-order valence-corrected chi connectivity index (χ0v) is 15.8. The summed E-state index contributed by atoms with van der Waals surface area (Å²) in [4.78, 5) is -0.485. The summed E-state index contributed by atoms with van der Waals surface area (Å²) in [7, 11) is 0. The molecule has 0 bridgehead atoms. The summed E-state index contributed by atoms with van der Waals surface area (Å²) in [6.45, 7) is 8.97. The summed E-state index contributed by atoms with van der Waals surface area (Å²) in [5, 5.41) is 0. The molecule has 3 aromatic rings. The Morgan fingerprint density at radius 1 is 0.680 bits per heavy atom. The third-order valence-corrected chi connectivity index (χ3v) is 6.55. The number of halogens is 1. The fourth-order valence-electron chi connectivity index (χ4n) is 5.00. The van der Waals surface area contributed by atoms with E-state index in [1.807, 2.05) is 0 Å². The largest absolute Gasteiger partial charge is 0.109 e. The first kappa shape index (κ1) is 15.2. The van der Waals surface area contributed by atoms with Crippen molar-refractivity contribution in [2.75, 3.05) is 0 Å². The quantitative estimate of drug-likeness (QED) is 0.394. The van der Waals surface area contributed by atoms with Crippen LogP contribution in [0.3, 0.4) is 0 Å². The lowest BCUT2D eigenvalue weighted by Gasteiger charge is -2.29. The van der Waals surface area contributed by atoms with E-state index in [2.05, 4.69) is 82.3 Å². The number of benzene rings is 3. The summed E-state index contributed by atoms with van der Waals surface area (Å²) >= 11 is 7.25. The van der Waals surface area contributed by atoms with Gasteiger partial charge in [-0.25, -0.2) is 0 Å². The Hall–Kier alpha value is -2.05. The highest BCUT2D eigenvalue weighted by Gasteiger charge is 2.46. The molecule has 0 nitrogen and oxygen atoms in total. The molecule has 124 valence electrons. The Morgan fingerprint density at radius 2 is 1.28 bits per heavy atom. The van der Waals surface area contributed by atoms with Crippen LogP contribution >= 0.6 is 11.6 Å². The maximum Gasteiger partial charge on any atom is 0.0931 e. The molecule has 1 atom stereocenters. The van der Waals surface area contributed by atoms with E-state index in [4.69, 9.17) is 11.6 Å². The number of hydrogen-bond acceptors (Lipinski definition) is 0. The van der Waals surface area contributed by atoms with Crippen molar-refractivity contribution in [1.82, 2.24) is 0 Å². The minimum absolute atomic E-state index is 0.0372. The van der Waals surface area contributed by atoms with Crippen molar-refractivity contribution in [1.29, 1.82) is 0 Å². The highest BCUT2D eigenvalue weighted by molar-refractivity contribution is 6.28. The van der Waals surface area contributed by atoms with E-state index in [1.165, 1.54) is 50.1 Å². The highest BCUT2D eigenvalue weighted by atomic mass is 35.5. The number of alkyl halides is 1. The lowest BCUT2D eigenvalue weighted by atomic mass is 9.77. The topological polar surface area (TPSA) is 0 Å². The normalized spacial score (nSPS) is 21.5. The van der Waals surface area contributed by atoms with Crippen LogP contribution < -0.4 is 0 Å². The molecule has 0 saturated heterocycles. The third-order valence-electron chi connectivity index (χ3n) is 6.16. The molecule has 25 heavy (non-hydrogen) atoms. The predicted molar refractivity (Wildman–Crippen MR) is 106 cm³/mol. The molecule has 1 heteroatoms. The second-order valence-electron chi connectivity index (χ2n) is 8.13. The molecule has 2 aliphatic carbocycles. The molecular weight excluding hydrogens is 324 g/mol. The Balaban J connectivity index is 1.91. The Bertz CT molecular complexity index is 1050. The smallest absolute Gasteiger partial charge is 0.0931 e. The van der Waals surface area contributed by atoms with Crippen LogP contribution in [0.25, 0.3) is 22.3 Å². The van der Waals surface area contributed by atoms with Gasteiger partial charge in [-0.05, 0) is 58.4 Å². The molecule has 0 saturated carbocycles. The molecule has 2 aliphatic rings. The molecule has 0 aromatic heterocycles. The first-order valence-corrected chi connectivity index (χ1v) is 9.29. The summed E-state index contributed by atoms with van der Waals surface area (Å²) in [6.07, 6.45) is 0. The lowest BCUT2D eigenvalue weighted by Crippen LogP contribution is -2.22. The van der Waals surface area contributed by atoms with E-state index < -0.39 is 4.87 Å². The van der Waals surface area contributed by atoms with Crippen LogP contribution in [0.2, 0.25) is 0 Å². The van der Waals surface area contributed by atoms with Crippen molar-refractivity contribution >= 4 is 11.6 Å². The van der Waals surface area contributed by atoms with Gasteiger partial charge in [0.05, 0.1) is 4.87 Å². The summed E-state index contributed by atoms with van der Waals surface area (Å²) in [5.74, 6) is 0. The van der Waals surface area contributed by atoms with Gasteiger partial charge in [0.25, 0.3) is 0 Å². The zero-order chi connectivity index (χ0) is 17.6. The van der Waals surface area contributed by atoms with Crippen LogP contribution in [0.1, 0.15) is 48.6 Å². The van der Waals surface area contributed by atoms with E-state index in [0.29, 0.717) is 0 Å². The van der Waals surface area contributed by atoms with Crippen molar-refractivity contribution in [3.63, 3.8) is 0 Å². The molecule has 0 amide bonds. The van der Waals surface area contributed by atoms with Gasteiger partial charge in [-0.2, -0.15) is 0 Å². The molecule has 0 radical (unpaired) electrons. The second-order valence-corrected chi connectivity index (χ2v) is 8.89. The fourth-order valence-corrected chi connectivity index (χ4v) is 5.35. The van der Waals surface area contributed by atoms with Gasteiger partial charge >= 0.3 is 0 Å². The van der Waals surface area contributed by atoms with Crippen LogP contribution in [0, 0.1) is 6.92 Å². The maximum atomic E-state index is 7.25. The van der Waals surface area contributed by atoms with Gasteiger partial charge < -0.3 is 0 Å². The minimum atomic E-state index is -0.485. The molecule has 0 N–H and O–H groups in total. The number of hydrogen-bond donors (Lipinski definition) is 0. The van der Waals surface area contributed by atoms with Crippen LogP contribution in [0.4, 0.5) is 0 Å². The predicted octanol–water partition coefficient (Wildman–Crippen LogP) is 6.78. The number of aryl methyl sites for hydroxylation is 1. The van der Waals surface area contributed by atoms with Crippen molar-refractivity contribution in [2.45, 2.75) is 38.0 Å². The summed E-state index contributed by atoms with van der Waals surface area (Å²) < 4.78 is 0. The lowest BCUT2D eigenvalue weighted by molar-refractivity contribution is 0.642. The van der Waals surface area contributed by atoms with Crippen LogP contribution in [-0.2, 0) is 10.3 Å². The van der Waals surface area contributed by atoms with Gasteiger partial charge in [-0.1, -0.05) is 74.0 Å². The van der Waals surface area contributed by atoms with Crippen molar-refractivity contribution < 1.29 is 0 Å². The molecule has 0 spiro atoms. The van der Waals surface area contributed by atoms with E-state index >= 15 is 0 Å². The van der Waals surface area contributed by atoms with E-state index in [9.17, 15) is 0 Å². The monoisotopic (exact) mass is 344 g/mol. The Kier molecular flexibility index (Phi) is 2.78. The first-order valence-electron chi connectivity index (χ1n) is 8.92. The van der Waals surface area contributed by atoms with E-state index in [0.717, 1.165) is 0 Å². The molecular formula is C24H21Cl. The Labute approximate surface area is 154 Å². The maximum absolute atomic E-state index is 7.25. The fraction of sp³-hybridized carbons (Fsp3) is 0.250. The highest BCUT2D eigenvalue weighted by Crippen LogP contribution is 2.60. The minimum Gasteiger partial charge on any atom is -0.109 e. The Morgan fingerprint density at radius 3 is 2.04 bits per heavy atom. The van der Waals surface area contributed by atoms with Gasteiger partial charge in [0.2, 0.25) is 0 Å². The van der Waals surface area contributed by atoms with Gasteiger partial charge in [-0.15, -0.1) is 11.6 Å². The first-order chi connectivity index (χ1) is 11.8. The van der Waals surface area contributed by atoms with Crippen LogP contribution in [0.5, 0.6) is 0 Å². The second kappa shape index (κ2) is 4.56. The zero-order valence-electron chi connectivity index (χ0n) is 15.1. The molecule has 3 aromatic carbocycles. The number of rotatable bonds is 0. The van der Waals surface area contributed by atoms with Gasteiger partial charge in [0.1, 0.15) is 0 Å². The van der Waals surface area contributed by atoms with Gasteiger partial charge in [0, 0.05) is 5.41 Å². The van der Waals surface area contributed by atoms with E-state index in [-0.39, 0.29) is 5.41 Å². The van der Waals surface area contributed by atoms with E-state index in [1.54, 1.807) is 0 Å². The van der Waals surface area contributed by atoms with Crippen molar-refractivity contribution in [3.8, 4) is 22.3 Å².